The summed E-state index contributed by atoms with van der Waals surface area (Å²) in [6, 6.07) is 7.16. The first kappa shape index (κ1) is 13.4. The Morgan fingerprint density at radius 1 is 1.56 bits per heavy atom. The molecule has 0 bridgehead atoms. The van der Waals surface area contributed by atoms with Crippen LogP contribution >= 0.6 is 11.6 Å². The minimum atomic E-state index is -0.380. The molecule has 0 aromatic heterocycles. The van der Waals surface area contributed by atoms with Crippen molar-refractivity contribution in [3.8, 4) is 6.07 Å². The van der Waals surface area contributed by atoms with Crippen molar-refractivity contribution in [3.05, 3.63) is 34.6 Å². The largest absolute Gasteiger partial charge is 0.207 e. The van der Waals surface area contributed by atoms with Crippen LogP contribution in [0.2, 0.25) is 5.02 Å². The van der Waals surface area contributed by atoms with Crippen LogP contribution in [0.4, 0.5) is 4.39 Å². The maximum Gasteiger partial charge on any atom is 0.127 e. The van der Waals surface area contributed by atoms with Crippen molar-refractivity contribution < 1.29 is 4.39 Å². The van der Waals surface area contributed by atoms with Gasteiger partial charge in [-0.3, -0.25) is 0 Å². The second-order valence-electron chi connectivity index (χ2n) is 5.32. The van der Waals surface area contributed by atoms with E-state index in [4.69, 9.17) is 11.6 Å². The van der Waals surface area contributed by atoms with E-state index in [0.29, 0.717) is 22.9 Å². The van der Waals surface area contributed by atoms with E-state index in [0.717, 1.165) is 25.7 Å². The van der Waals surface area contributed by atoms with Crippen molar-refractivity contribution in [1.29, 1.82) is 5.26 Å². The highest BCUT2D eigenvalue weighted by Gasteiger charge is 2.39. The zero-order valence-electron chi connectivity index (χ0n) is 10.5. The van der Waals surface area contributed by atoms with Gasteiger partial charge in [0.05, 0.1) is 11.5 Å². The van der Waals surface area contributed by atoms with E-state index in [2.05, 4.69) is 13.0 Å². The molecule has 0 amide bonds. The number of nitrogens with zero attached hydrogens (tertiary/aromatic N) is 1. The summed E-state index contributed by atoms with van der Waals surface area (Å²) in [6.45, 7) is 2.15. The first-order valence-electron chi connectivity index (χ1n) is 6.44. The summed E-state index contributed by atoms with van der Waals surface area (Å²) in [4.78, 5) is 0. The average Bonchev–Trinajstić information content (AvgIpc) is 2.77. The van der Waals surface area contributed by atoms with Gasteiger partial charge in [0.25, 0.3) is 0 Å². The van der Waals surface area contributed by atoms with E-state index in [1.807, 2.05) is 0 Å². The highest BCUT2D eigenvalue weighted by atomic mass is 35.5. The second kappa shape index (κ2) is 5.28. The zero-order valence-corrected chi connectivity index (χ0v) is 11.3. The number of hydrogen-bond donors (Lipinski definition) is 0. The maximum atomic E-state index is 13.8. The fourth-order valence-corrected chi connectivity index (χ4v) is 3.08. The van der Waals surface area contributed by atoms with Crippen molar-refractivity contribution >= 4 is 11.6 Å². The smallest absolute Gasteiger partial charge is 0.127 e. The summed E-state index contributed by atoms with van der Waals surface area (Å²) in [6.07, 6.45) is 4.46. The fraction of sp³-hybridized carbons (Fsp3) is 0.533. The van der Waals surface area contributed by atoms with E-state index in [1.165, 1.54) is 6.07 Å². The molecule has 1 fully saturated rings. The minimum absolute atomic E-state index is 0.294. The van der Waals surface area contributed by atoms with Gasteiger partial charge in [-0.25, -0.2) is 4.39 Å². The molecule has 0 spiro atoms. The highest BCUT2D eigenvalue weighted by molar-refractivity contribution is 6.30. The van der Waals surface area contributed by atoms with Crippen molar-refractivity contribution in [2.75, 3.05) is 0 Å². The summed E-state index contributed by atoms with van der Waals surface area (Å²) in [7, 11) is 0. The molecule has 2 atom stereocenters. The lowest BCUT2D eigenvalue weighted by molar-refractivity contribution is 0.375. The maximum absolute atomic E-state index is 13.8. The third kappa shape index (κ3) is 2.67. The van der Waals surface area contributed by atoms with Crippen LogP contribution in [-0.4, -0.2) is 0 Å². The number of nitriles is 1. The molecule has 18 heavy (non-hydrogen) atoms. The van der Waals surface area contributed by atoms with Crippen molar-refractivity contribution in [2.45, 2.75) is 39.0 Å². The Kier molecular flexibility index (Phi) is 3.92. The Balaban J connectivity index is 2.19. The van der Waals surface area contributed by atoms with Crippen LogP contribution in [0.15, 0.2) is 18.2 Å². The van der Waals surface area contributed by atoms with Crippen LogP contribution in [0.25, 0.3) is 0 Å². The van der Waals surface area contributed by atoms with Gasteiger partial charge in [0.2, 0.25) is 0 Å². The first-order valence-corrected chi connectivity index (χ1v) is 6.81. The number of benzene rings is 1. The van der Waals surface area contributed by atoms with E-state index in [1.54, 1.807) is 12.1 Å². The Bertz CT molecular complexity index is 480. The van der Waals surface area contributed by atoms with Gasteiger partial charge in [-0.2, -0.15) is 5.26 Å². The predicted molar refractivity (Wildman–Crippen MR) is 70.8 cm³/mol. The third-order valence-electron chi connectivity index (χ3n) is 4.07. The summed E-state index contributed by atoms with van der Waals surface area (Å²) in [5.74, 6) is 0.317. The molecule has 1 aromatic rings. The van der Waals surface area contributed by atoms with Crippen LogP contribution in [0.5, 0.6) is 0 Å². The van der Waals surface area contributed by atoms with E-state index in [9.17, 15) is 9.65 Å². The topological polar surface area (TPSA) is 23.8 Å². The molecule has 1 saturated carbocycles. The van der Waals surface area contributed by atoms with Crippen LogP contribution in [-0.2, 0) is 6.42 Å². The molecule has 2 unspecified atom stereocenters. The second-order valence-corrected chi connectivity index (χ2v) is 5.76. The molecule has 3 heteroatoms. The summed E-state index contributed by atoms with van der Waals surface area (Å²) < 4.78 is 13.8. The highest BCUT2D eigenvalue weighted by Crippen LogP contribution is 2.45. The lowest BCUT2D eigenvalue weighted by Crippen LogP contribution is -2.18. The Morgan fingerprint density at radius 2 is 2.33 bits per heavy atom. The van der Waals surface area contributed by atoms with E-state index >= 15 is 0 Å². The Hall–Kier alpha value is -1.07. The monoisotopic (exact) mass is 265 g/mol. The fourth-order valence-electron chi connectivity index (χ4n) is 2.92. The molecule has 0 N–H and O–H groups in total. The SMILES string of the molecule is CCC1CCC(C#N)(Cc2ccc(Cl)cc2F)C1. The number of hydrogen-bond acceptors (Lipinski definition) is 1. The molecule has 1 aliphatic rings. The van der Waals surface area contributed by atoms with Crippen LogP contribution in [0, 0.1) is 28.5 Å². The van der Waals surface area contributed by atoms with E-state index < -0.39 is 0 Å². The van der Waals surface area contributed by atoms with E-state index in [-0.39, 0.29) is 11.2 Å². The third-order valence-corrected chi connectivity index (χ3v) is 4.30. The molecule has 1 nitrogen and oxygen atoms in total. The molecule has 96 valence electrons. The molecular formula is C15H17ClFN. The lowest BCUT2D eigenvalue weighted by Gasteiger charge is -2.21. The van der Waals surface area contributed by atoms with Crippen molar-refractivity contribution in [3.63, 3.8) is 0 Å². The normalized spacial score (nSPS) is 27.1. The Morgan fingerprint density at radius 3 is 2.89 bits per heavy atom. The molecule has 1 aromatic carbocycles. The number of rotatable bonds is 3. The first-order chi connectivity index (χ1) is 8.58. The molecule has 0 aliphatic heterocycles. The van der Waals surface area contributed by atoms with Gasteiger partial charge in [0.1, 0.15) is 5.82 Å². The van der Waals surface area contributed by atoms with Crippen LogP contribution < -0.4 is 0 Å². The van der Waals surface area contributed by atoms with Gasteiger partial charge in [0.15, 0.2) is 0 Å². The molecule has 0 heterocycles. The summed E-state index contributed by atoms with van der Waals surface area (Å²) in [5.41, 5.74) is 0.229. The summed E-state index contributed by atoms with van der Waals surface area (Å²) >= 11 is 5.74. The predicted octanol–water partition coefficient (Wildman–Crippen LogP) is 4.74. The van der Waals surface area contributed by atoms with Crippen LogP contribution in [0.3, 0.4) is 0 Å². The van der Waals surface area contributed by atoms with Gasteiger partial charge < -0.3 is 0 Å². The van der Waals surface area contributed by atoms with Crippen LogP contribution in [0.1, 0.15) is 38.2 Å². The quantitative estimate of drug-likeness (QED) is 0.774. The molecular weight excluding hydrogens is 249 g/mol. The molecule has 2 rings (SSSR count). The lowest BCUT2D eigenvalue weighted by atomic mass is 9.80. The standard InChI is InChI=1S/C15H17ClFN/c1-2-11-5-6-15(8-11,10-18)9-12-3-4-13(16)7-14(12)17/h3-4,7,11H,2,5-6,8-9H2,1H3. The van der Waals surface area contributed by atoms with Gasteiger partial charge in [-0.1, -0.05) is 31.0 Å². The molecule has 1 aliphatic carbocycles. The van der Waals surface area contributed by atoms with Gasteiger partial charge in [-0.15, -0.1) is 0 Å². The molecule has 0 saturated heterocycles. The Labute approximate surface area is 113 Å². The van der Waals surface area contributed by atoms with Crippen molar-refractivity contribution in [2.24, 2.45) is 11.3 Å². The molecule has 0 radical (unpaired) electrons. The minimum Gasteiger partial charge on any atom is -0.207 e. The number of halogens is 2. The van der Waals surface area contributed by atoms with Gasteiger partial charge in [-0.05, 0) is 49.3 Å². The zero-order chi connectivity index (χ0) is 13.2. The summed E-state index contributed by atoms with van der Waals surface area (Å²) in [5, 5.41) is 9.84. The van der Waals surface area contributed by atoms with Crippen molar-refractivity contribution in [1.82, 2.24) is 0 Å². The average molecular weight is 266 g/mol. The van der Waals surface area contributed by atoms with Gasteiger partial charge >= 0.3 is 0 Å². The van der Waals surface area contributed by atoms with Gasteiger partial charge in [0, 0.05) is 5.02 Å².